The predicted octanol–water partition coefficient (Wildman–Crippen LogP) is 5.08. The molecule has 2 aromatic carbocycles. The van der Waals surface area contributed by atoms with E-state index in [-0.39, 0.29) is 5.91 Å². The maximum absolute atomic E-state index is 11.6. The van der Waals surface area contributed by atoms with Crippen LogP contribution >= 0.6 is 34.5 Å². The normalized spacial score (nSPS) is 10.8. The lowest BCUT2D eigenvalue weighted by Crippen LogP contribution is -2.19. The van der Waals surface area contributed by atoms with Crippen LogP contribution in [0.3, 0.4) is 0 Å². The zero-order chi connectivity index (χ0) is 17.1. The molecule has 3 nitrogen and oxygen atoms in total. The first-order valence-electron chi connectivity index (χ1n) is 7.34. The number of carbonyl (C=O) groups is 1. The number of ether oxygens (including phenoxy) is 1. The minimum Gasteiger partial charge on any atom is -0.489 e. The van der Waals surface area contributed by atoms with Gasteiger partial charge in [0.1, 0.15) is 12.4 Å². The summed E-state index contributed by atoms with van der Waals surface area (Å²) in [5, 5.41) is 6.94. The molecule has 0 aliphatic carbocycles. The summed E-state index contributed by atoms with van der Waals surface area (Å²) in [6, 6.07) is 11.2. The van der Waals surface area contributed by atoms with Gasteiger partial charge in [0.2, 0.25) is 5.91 Å². The van der Waals surface area contributed by atoms with Gasteiger partial charge in [-0.25, -0.2) is 0 Å². The van der Waals surface area contributed by atoms with Crippen LogP contribution in [0.4, 0.5) is 0 Å². The predicted molar refractivity (Wildman–Crippen MR) is 100 cm³/mol. The van der Waals surface area contributed by atoms with Crippen LogP contribution in [0.2, 0.25) is 10.0 Å². The van der Waals surface area contributed by atoms with Crippen molar-refractivity contribution in [3.05, 3.63) is 63.0 Å². The van der Waals surface area contributed by atoms with Crippen LogP contribution in [0.1, 0.15) is 11.1 Å². The molecule has 1 heterocycles. The molecule has 0 saturated carbocycles. The molecule has 1 amide bonds. The quantitative estimate of drug-likeness (QED) is 0.671. The molecule has 0 radical (unpaired) electrons. The summed E-state index contributed by atoms with van der Waals surface area (Å²) in [4.78, 5) is 11.6. The maximum Gasteiger partial charge on any atom is 0.224 e. The lowest BCUT2D eigenvalue weighted by Gasteiger charge is -2.08. The Kier molecular flexibility index (Phi) is 5.29. The van der Waals surface area contributed by atoms with Crippen molar-refractivity contribution in [3.63, 3.8) is 0 Å². The van der Waals surface area contributed by atoms with Gasteiger partial charge in [-0.3, -0.25) is 4.79 Å². The summed E-state index contributed by atoms with van der Waals surface area (Å²) in [6.45, 7) is 0.373. The Balaban J connectivity index is 1.75. The highest BCUT2D eigenvalue weighted by molar-refractivity contribution is 7.17. The standard InChI is InChI=1S/C18H15Cl2NO2S/c1-21-18(22)6-12-10-24-17-8-14(4-5-15(12)17)23-9-11-2-3-13(19)7-16(11)20/h2-5,7-8,10H,6,9H2,1H3,(H,21,22). The van der Waals surface area contributed by atoms with Crippen LogP contribution in [0, 0.1) is 0 Å². The minimum atomic E-state index is 0.00686. The van der Waals surface area contributed by atoms with Crippen LogP contribution in [-0.2, 0) is 17.8 Å². The van der Waals surface area contributed by atoms with Crippen LogP contribution in [0.15, 0.2) is 41.8 Å². The number of carbonyl (C=O) groups excluding carboxylic acids is 1. The third kappa shape index (κ3) is 3.83. The van der Waals surface area contributed by atoms with E-state index in [2.05, 4.69) is 5.32 Å². The molecule has 0 saturated heterocycles. The van der Waals surface area contributed by atoms with E-state index in [1.54, 1.807) is 30.5 Å². The van der Waals surface area contributed by atoms with Crippen molar-refractivity contribution >= 4 is 50.5 Å². The lowest BCUT2D eigenvalue weighted by atomic mass is 10.1. The highest BCUT2D eigenvalue weighted by Crippen LogP contribution is 2.30. The number of fused-ring (bicyclic) bond motifs is 1. The van der Waals surface area contributed by atoms with E-state index in [0.717, 1.165) is 27.0 Å². The van der Waals surface area contributed by atoms with Crippen LogP contribution < -0.4 is 10.1 Å². The first-order chi connectivity index (χ1) is 11.6. The van der Waals surface area contributed by atoms with Crippen molar-refractivity contribution in [2.24, 2.45) is 0 Å². The Morgan fingerprint density at radius 2 is 2.00 bits per heavy atom. The summed E-state index contributed by atoms with van der Waals surface area (Å²) in [7, 11) is 1.64. The number of halogens is 2. The number of rotatable bonds is 5. The first kappa shape index (κ1) is 17.1. The first-order valence-corrected chi connectivity index (χ1v) is 8.98. The molecular weight excluding hydrogens is 365 g/mol. The molecule has 24 heavy (non-hydrogen) atoms. The molecule has 0 unspecified atom stereocenters. The molecule has 1 aromatic heterocycles. The lowest BCUT2D eigenvalue weighted by molar-refractivity contribution is -0.119. The molecule has 0 fully saturated rings. The van der Waals surface area contributed by atoms with Gasteiger partial charge in [0.05, 0.1) is 6.42 Å². The smallest absolute Gasteiger partial charge is 0.224 e. The fourth-order valence-corrected chi connectivity index (χ4v) is 3.80. The van der Waals surface area contributed by atoms with E-state index < -0.39 is 0 Å². The van der Waals surface area contributed by atoms with E-state index in [4.69, 9.17) is 27.9 Å². The topological polar surface area (TPSA) is 38.3 Å². The van der Waals surface area contributed by atoms with E-state index in [1.165, 1.54) is 0 Å². The number of hydrogen-bond donors (Lipinski definition) is 1. The highest BCUT2D eigenvalue weighted by atomic mass is 35.5. The third-order valence-corrected chi connectivity index (χ3v) is 5.25. The van der Waals surface area contributed by atoms with E-state index in [1.807, 2.05) is 29.6 Å². The van der Waals surface area contributed by atoms with Gasteiger partial charge in [-0.05, 0) is 46.7 Å². The van der Waals surface area contributed by atoms with Crippen molar-refractivity contribution in [1.82, 2.24) is 5.32 Å². The van der Waals surface area contributed by atoms with Gasteiger partial charge in [-0.1, -0.05) is 29.3 Å². The molecule has 0 bridgehead atoms. The molecule has 0 atom stereocenters. The summed E-state index contributed by atoms with van der Waals surface area (Å²) < 4.78 is 6.92. The van der Waals surface area contributed by atoms with Crippen molar-refractivity contribution in [1.29, 1.82) is 0 Å². The number of benzene rings is 2. The van der Waals surface area contributed by atoms with Crippen molar-refractivity contribution in [2.75, 3.05) is 7.05 Å². The zero-order valence-corrected chi connectivity index (χ0v) is 15.3. The summed E-state index contributed by atoms with van der Waals surface area (Å²) in [5.74, 6) is 0.772. The summed E-state index contributed by atoms with van der Waals surface area (Å²) in [6.07, 6.45) is 0.386. The fraction of sp³-hybridized carbons (Fsp3) is 0.167. The zero-order valence-electron chi connectivity index (χ0n) is 12.9. The molecule has 0 aliphatic rings. The van der Waals surface area contributed by atoms with Gasteiger partial charge in [-0.15, -0.1) is 11.3 Å². The van der Waals surface area contributed by atoms with Crippen molar-refractivity contribution in [3.8, 4) is 5.75 Å². The Bertz CT molecular complexity index is 892. The van der Waals surface area contributed by atoms with Crippen LogP contribution in [0.25, 0.3) is 10.1 Å². The SMILES string of the molecule is CNC(=O)Cc1csc2cc(OCc3ccc(Cl)cc3Cl)ccc12. The number of nitrogens with one attached hydrogen (secondary N) is 1. The van der Waals surface area contributed by atoms with Gasteiger partial charge in [0.15, 0.2) is 0 Å². The van der Waals surface area contributed by atoms with Gasteiger partial charge < -0.3 is 10.1 Å². The van der Waals surface area contributed by atoms with Crippen molar-refractivity contribution in [2.45, 2.75) is 13.0 Å². The monoisotopic (exact) mass is 379 g/mol. The number of hydrogen-bond acceptors (Lipinski definition) is 3. The Morgan fingerprint density at radius 3 is 2.75 bits per heavy atom. The summed E-state index contributed by atoms with van der Waals surface area (Å²) >= 11 is 13.7. The third-order valence-electron chi connectivity index (χ3n) is 3.67. The average Bonchev–Trinajstić information content (AvgIpc) is 2.96. The highest BCUT2D eigenvalue weighted by Gasteiger charge is 2.09. The molecule has 0 spiro atoms. The van der Waals surface area contributed by atoms with Gasteiger partial charge in [0.25, 0.3) is 0 Å². The van der Waals surface area contributed by atoms with Crippen LogP contribution in [-0.4, -0.2) is 13.0 Å². The second kappa shape index (κ2) is 7.43. The van der Waals surface area contributed by atoms with E-state index in [0.29, 0.717) is 23.1 Å². The number of likely N-dealkylation sites (N-methyl/N-ethyl adjacent to an activating group) is 1. The largest absolute Gasteiger partial charge is 0.489 e. The molecule has 3 aromatic rings. The van der Waals surface area contributed by atoms with Crippen molar-refractivity contribution < 1.29 is 9.53 Å². The Morgan fingerprint density at radius 1 is 1.17 bits per heavy atom. The van der Waals surface area contributed by atoms with Gasteiger partial charge >= 0.3 is 0 Å². The minimum absolute atomic E-state index is 0.00686. The van der Waals surface area contributed by atoms with Gasteiger partial charge in [-0.2, -0.15) is 0 Å². The Labute approximate surface area is 154 Å². The average molecular weight is 380 g/mol. The molecular formula is C18H15Cl2NO2S. The second-order valence-corrected chi connectivity index (χ2v) is 7.05. The molecule has 3 rings (SSSR count). The molecule has 0 aliphatic heterocycles. The number of amides is 1. The van der Waals surface area contributed by atoms with Gasteiger partial charge in [0, 0.05) is 27.4 Å². The number of thiophene rings is 1. The summed E-state index contributed by atoms with van der Waals surface area (Å²) in [5.41, 5.74) is 1.91. The maximum atomic E-state index is 11.6. The van der Waals surface area contributed by atoms with E-state index in [9.17, 15) is 4.79 Å². The second-order valence-electron chi connectivity index (χ2n) is 5.29. The Hall–Kier alpha value is -1.75. The van der Waals surface area contributed by atoms with Crippen LogP contribution in [0.5, 0.6) is 5.75 Å². The molecule has 6 heteroatoms. The molecule has 1 N–H and O–H groups in total. The molecule has 124 valence electrons. The fourth-order valence-electron chi connectivity index (χ4n) is 2.35. The van der Waals surface area contributed by atoms with E-state index >= 15 is 0 Å².